The SMILES string of the molecule is CCN(c1ccc([C@@H](COC)CC(O)NS(C)(=O)=O)cc1Nc1ccc(C#N)cc1)C1CCOCC1. The standard InChI is InChI=1S/C26H36N4O5S/c1-4-30(23-11-13-35-14-12-23)25-10-7-20(21(18-34-2)16-26(31)29-36(3,32)33)15-24(25)28-22-8-5-19(17-27)6-9-22/h5-10,15,21,23,26,28-29,31H,4,11-14,16,18H2,1-3H3/t21-,26?/m1/s1. The predicted molar refractivity (Wildman–Crippen MR) is 141 cm³/mol. The van der Waals surface area contributed by atoms with Crippen molar-refractivity contribution in [2.75, 3.05) is 49.9 Å². The van der Waals surface area contributed by atoms with Gasteiger partial charge in [-0.05, 0) is 68.1 Å². The second-order valence-corrected chi connectivity index (χ2v) is 10.8. The number of ether oxygens (including phenoxy) is 2. The lowest BCUT2D eigenvalue weighted by atomic mass is 9.94. The molecule has 2 aromatic carbocycles. The van der Waals surface area contributed by atoms with Crippen molar-refractivity contribution in [3.05, 3.63) is 53.6 Å². The Morgan fingerprint density at radius 1 is 1.22 bits per heavy atom. The molecule has 0 spiro atoms. The van der Waals surface area contributed by atoms with Crippen LogP contribution in [0.1, 0.15) is 43.2 Å². The Morgan fingerprint density at radius 2 is 1.92 bits per heavy atom. The number of aliphatic hydroxyl groups excluding tert-OH is 1. The van der Waals surface area contributed by atoms with Crippen LogP contribution in [0.5, 0.6) is 0 Å². The van der Waals surface area contributed by atoms with Crippen LogP contribution in [-0.2, 0) is 19.5 Å². The van der Waals surface area contributed by atoms with Gasteiger partial charge in [0.1, 0.15) is 6.23 Å². The van der Waals surface area contributed by atoms with Gasteiger partial charge in [-0.3, -0.25) is 0 Å². The lowest BCUT2D eigenvalue weighted by Gasteiger charge is -2.37. The molecular formula is C26H36N4O5S. The number of aliphatic hydroxyl groups is 1. The van der Waals surface area contributed by atoms with Crippen LogP contribution in [0.15, 0.2) is 42.5 Å². The second kappa shape index (κ2) is 13.0. The summed E-state index contributed by atoms with van der Waals surface area (Å²) in [5.41, 5.74) is 4.27. The van der Waals surface area contributed by atoms with Crippen molar-refractivity contribution in [2.45, 2.75) is 44.4 Å². The Balaban J connectivity index is 1.97. The summed E-state index contributed by atoms with van der Waals surface area (Å²) in [4.78, 5) is 2.38. The zero-order valence-corrected chi connectivity index (χ0v) is 21.9. The van der Waals surface area contributed by atoms with Crippen LogP contribution < -0.4 is 14.9 Å². The fraction of sp³-hybridized carbons (Fsp3) is 0.500. The average Bonchev–Trinajstić information content (AvgIpc) is 2.85. The molecule has 1 fully saturated rings. The van der Waals surface area contributed by atoms with Crippen LogP contribution >= 0.6 is 0 Å². The number of nitrogens with zero attached hydrogens (tertiary/aromatic N) is 2. The Morgan fingerprint density at radius 3 is 2.50 bits per heavy atom. The molecule has 0 bridgehead atoms. The number of sulfonamides is 1. The second-order valence-electron chi connectivity index (χ2n) is 9.01. The van der Waals surface area contributed by atoms with E-state index in [-0.39, 0.29) is 12.3 Å². The first-order valence-electron chi connectivity index (χ1n) is 12.1. The van der Waals surface area contributed by atoms with E-state index >= 15 is 0 Å². The number of hydrogen-bond donors (Lipinski definition) is 3. The number of rotatable bonds is 12. The maximum atomic E-state index is 11.6. The van der Waals surface area contributed by atoms with Gasteiger partial charge in [0.05, 0.1) is 35.9 Å². The fourth-order valence-corrected chi connectivity index (χ4v) is 5.22. The topological polar surface area (TPSA) is 124 Å². The van der Waals surface area contributed by atoms with Crippen molar-refractivity contribution in [3.8, 4) is 6.07 Å². The Hall–Kier alpha value is -2.68. The molecule has 1 heterocycles. The first-order valence-corrected chi connectivity index (χ1v) is 14.0. The van der Waals surface area contributed by atoms with Gasteiger partial charge in [-0.1, -0.05) is 6.07 Å². The lowest BCUT2D eigenvalue weighted by Crippen LogP contribution is -2.39. The third-order valence-electron chi connectivity index (χ3n) is 6.29. The number of nitrogens with one attached hydrogen (secondary N) is 2. The molecule has 36 heavy (non-hydrogen) atoms. The summed E-state index contributed by atoms with van der Waals surface area (Å²) in [6, 6.07) is 15.9. The summed E-state index contributed by atoms with van der Waals surface area (Å²) in [5.74, 6) is -0.243. The molecule has 1 saturated heterocycles. The van der Waals surface area contributed by atoms with Gasteiger partial charge in [0, 0.05) is 44.5 Å². The van der Waals surface area contributed by atoms with Crippen LogP contribution in [0.2, 0.25) is 0 Å². The molecule has 196 valence electrons. The number of benzene rings is 2. The lowest BCUT2D eigenvalue weighted by molar-refractivity contribution is 0.0846. The summed E-state index contributed by atoms with van der Waals surface area (Å²) >= 11 is 0. The van der Waals surface area contributed by atoms with Crippen molar-refractivity contribution < 1.29 is 23.0 Å². The van der Waals surface area contributed by atoms with Gasteiger partial charge in [-0.2, -0.15) is 9.98 Å². The smallest absolute Gasteiger partial charge is 0.210 e. The van der Waals surface area contributed by atoms with Crippen molar-refractivity contribution >= 4 is 27.1 Å². The quantitative estimate of drug-likeness (QED) is 0.367. The van der Waals surface area contributed by atoms with Crippen LogP contribution in [0.25, 0.3) is 0 Å². The van der Waals surface area contributed by atoms with E-state index in [1.54, 1.807) is 19.2 Å². The van der Waals surface area contributed by atoms with Crippen LogP contribution in [0.3, 0.4) is 0 Å². The molecule has 0 aliphatic carbocycles. The zero-order valence-electron chi connectivity index (χ0n) is 21.1. The normalized spacial score (nSPS) is 16.2. The number of anilines is 3. The molecule has 0 aromatic heterocycles. The molecule has 0 radical (unpaired) electrons. The first-order chi connectivity index (χ1) is 17.2. The summed E-state index contributed by atoms with van der Waals surface area (Å²) in [5, 5.41) is 23.0. The summed E-state index contributed by atoms with van der Waals surface area (Å²) in [6.45, 7) is 4.74. The number of methoxy groups -OCH3 is 1. The molecule has 2 atom stereocenters. The third-order valence-corrected chi connectivity index (χ3v) is 6.99. The monoisotopic (exact) mass is 516 g/mol. The molecule has 2 aromatic rings. The largest absolute Gasteiger partial charge is 0.384 e. The molecule has 1 unspecified atom stereocenters. The molecule has 1 aliphatic heterocycles. The van der Waals surface area contributed by atoms with E-state index in [0.29, 0.717) is 18.2 Å². The van der Waals surface area contributed by atoms with Crippen molar-refractivity contribution in [3.63, 3.8) is 0 Å². The van der Waals surface area contributed by atoms with Crippen LogP contribution in [0, 0.1) is 11.3 Å². The molecule has 0 saturated carbocycles. The Kier molecular flexibility index (Phi) is 10.1. The molecule has 1 aliphatic rings. The van der Waals surface area contributed by atoms with Crippen molar-refractivity contribution in [1.82, 2.24) is 4.72 Å². The average molecular weight is 517 g/mol. The van der Waals surface area contributed by atoms with Gasteiger partial charge in [0.15, 0.2) is 0 Å². The number of hydrogen-bond acceptors (Lipinski definition) is 8. The highest BCUT2D eigenvalue weighted by Gasteiger charge is 2.25. The van der Waals surface area contributed by atoms with Crippen LogP contribution in [-0.4, -0.2) is 65.5 Å². The highest BCUT2D eigenvalue weighted by atomic mass is 32.2. The van der Waals surface area contributed by atoms with Gasteiger partial charge in [-0.15, -0.1) is 0 Å². The highest BCUT2D eigenvalue weighted by Crippen LogP contribution is 2.36. The summed E-state index contributed by atoms with van der Waals surface area (Å²) in [7, 11) is -1.97. The highest BCUT2D eigenvalue weighted by molar-refractivity contribution is 7.88. The molecule has 0 amide bonds. The molecule has 3 N–H and O–H groups in total. The minimum Gasteiger partial charge on any atom is -0.384 e. The minimum absolute atomic E-state index is 0.161. The fourth-order valence-electron chi connectivity index (χ4n) is 4.63. The van der Waals surface area contributed by atoms with Gasteiger partial charge in [-0.25, -0.2) is 8.42 Å². The molecule has 10 heteroatoms. The molecule has 9 nitrogen and oxygen atoms in total. The Labute approximate surface area is 214 Å². The van der Waals surface area contributed by atoms with Gasteiger partial charge < -0.3 is 24.8 Å². The zero-order chi connectivity index (χ0) is 26.1. The summed E-state index contributed by atoms with van der Waals surface area (Å²) in [6.07, 6.45) is 1.84. The van der Waals surface area contributed by atoms with E-state index in [1.807, 2.05) is 24.3 Å². The summed E-state index contributed by atoms with van der Waals surface area (Å²) < 4.78 is 36.4. The van der Waals surface area contributed by atoms with E-state index < -0.39 is 16.3 Å². The maximum absolute atomic E-state index is 11.6. The Bertz CT molecular complexity index is 1130. The van der Waals surface area contributed by atoms with E-state index in [9.17, 15) is 13.5 Å². The maximum Gasteiger partial charge on any atom is 0.210 e. The number of nitriles is 1. The van der Waals surface area contributed by atoms with E-state index in [0.717, 1.165) is 61.5 Å². The third kappa shape index (κ3) is 7.91. The van der Waals surface area contributed by atoms with E-state index in [4.69, 9.17) is 14.7 Å². The van der Waals surface area contributed by atoms with Gasteiger partial charge in [0.25, 0.3) is 0 Å². The molecular weight excluding hydrogens is 480 g/mol. The van der Waals surface area contributed by atoms with Crippen LogP contribution in [0.4, 0.5) is 17.1 Å². The minimum atomic E-state index is -3.55. The first kappa shape index (κ1) is 27.9. The predicted octanol–water partition coefficient (Wildman–Crippen LogP) is 3.29. The van der Waals surface area contributed by atoms with Crippen molar-refractivity contribution in [2.24, 2.45) is 0 Å². The van der Waals surface area contributed by atoms with E-state index in [1.165, 1.54) is 0 Å². The molecule has 3 rings (SSSR count). The van der Waals surface area contributed by atoms with Gasteiger partial charge >= 0.3 is 0 Å². The van der Waals surface area contributed by atoms with Gasteiger partial charge in [0.2, 0.25) is 10.0 Å². The van der Waals surface area contributed by atoms with Crippen molar-refractivity contribution in [1.29, 1.82) is 5.26 Å². The van der Waals surface area contributed by atoms with E-state index in [2.05, 4.69) is 34.0 Å².